The van der Waals surface area contributed by atoms with Crippen LogP contribution < -0.4 is 10.2 Å². The molecule has 0 amide bonds. The number of rotatable bonds is 7. The van der Waals surface area contributed by atoms with E-state index in [0.717, 1.165) is 11.3 Å². The Bertz CT molecular complexity index is 453. The van der Waals surface area contributed by atoms with E-state index in [4.69, 9.17) is 10.2 Å². The van der Waals surface area contributed by atoms with Gasteiger partial charge in [0, 0.05) is 6.04 Å². The van der Waals surface area contributed by atoms with Crippen LogP contribution in [0.4, 0.5) is 0 Å². The summed E-state index contributed by atoms with van der Waals surface area (Å²) in [6.07, 6.45) is 4.07. The van der Waals surface area contributed by atoms with Gasteiger partial charge < -0.3 is 10.2 Å². The summed E-state index contributed by atoms with van der Waals surface area (Å²) in [6, 6.07) is 8.48. The van der Waals surface area contributed by atoms with Gasteiger partial charge in [0.2, 0.25) is 0 Å². The van der Waals surface area contributed by atoms with Crippen LogP contribution in [0.3, 0.4) is 0 Å². The first-order valence-corrected chi connectivity index (χ1v) is 10.6. The lowest BCUT2D eigenvalue weighted by Crippen LogP contribution is -2.50. The molecule has 0 bridgehead atoms. The molecule has 0 fully saturated rings. The molecule has 0 saturated carbocycles. The van der Waals surface area contributed by atoms with Crippen LogP contribution in [0.15, 0.2) is 30.3 Å². The zero-order valence-electron chi connectivity index (χ0n) is 15.3. The fourth-order valence-electron chi connectivity index (χ4n) is 3.47. The Morgan fingerprint density at radius 2 is 1.32 bits per heavy atom. The normalized spacial score (nSPS) is 14.3. The minimum Gasteiger partial charge on any atom is -0.543 e. The van der Waals surface area contributed by atoms with Gasteiger partial charge in [-0.1, -0.05) is 65.8 Å². The Morgan fingerprint density at radius 3 is 1.68 bits per heavy atom. The van der Waals surface area contributed by atoms with E-state index >= 15 is 0 Å². The van der Waals surface area contributed by atoms with E-state index in [9.17, 15) is 0 Å². The molecule has 3 heteroatoms. The molecule has 22 heavy (non-hydrogen) atoms. The maximum Gasteiger partial charge on any atom is 0.258 e. The van der Waals surface area contributed by atoms with Crippen molar-refractivity contribution < 1.29 is 4.43 Å². The predicted octanol–water partition coefficient (Wildman–Crippen LogP) is 5.60. The summed E-state index contributed by atoms with van der Waals surface area (Å²) in [4.78, 5) is 0. The topological polar surface area (TPSA) is 35.2 Å². The molecule has 0 heterocycles. The highest BCUT2D eigenvalue weighted by Gasteiger charge is 2.46. The highest BCUT2D eigenvalue weighted by Crippen LogP contribution is 2.42. The molecule has 0 aliphatic heterocycles. The zero-order valence-corrected chi connectivity index (χ0v) is 16.3. The van der Waals surface area contributed by atoms with Gasteiger partial charge in [-0.3, -0.25) is 0 Å². The molecule has 2 N–H and O–H groups in total. The number of benzene rings is 1. The van der Waals surface area contributed by atoms with E-state index in [-0.39, 0.29) is 6.04 Å². The SMILES string of the molecule is CC(C)[Si](Oc1ccc(/C=C\[C@@H](C)N)cc1)(C(C)C)C(C)C. The molecular weight excluding hydrogens is 286 g/mol. The van der Waals surface area contributed by atoms with E-state index < -0.39 is 8.32 Å². The molecule has 0 aliphatic rings. The lowest BCUT2D eigenvalue weighted by molar-refractivity contribution is 0.480. The third-order valence-corrected chi connectivity index (χ3v) is 10.5. The summed E-state index contributed by atoms with van der Waals surface area (Å²) in [6.45, 7) is 15.8. The average Bonchev–Trinajstić information content (AvgIpc) is 2.42. The third kappa shape index (κ3) is 4.47. The second-order valence-electron chi connectivity index (χ2n) is 7.21. The maximum absolute atomic E-state index is 6.66. The van der Waals surface area contributed by atoms with Crippen molar-refractivity contribution in [1.82, 2.24) is 0 Å². The van der Waals surface area contributed by atoms with Crippen molar-refractivity contribution in [3.63, 3.8) is 0 Å². The number of hydrogen-bond acceptors (Lipinski definition) is 2. The van der Waals surface area contributed by atoms with Gasteiger partial charge in [-0.15, -0.1) is 0 Å². The van der Waals surface area contributed by atoms with E-state index in [1.54, 1.807) is 0 Å². The van der Waals surface area contributed by atoms with Crippen LogP contribution in [0, 0.1) is 0 Å². The van der Waals surface area contributed by atoms with Crippen molar-refractivity contribution in [3.8, 4) is 5.75 Å². The Morgan fingerprint density at radius 1 is 0.864 bits per heavy atom. The number of hydrogen-bond donors (Lipinski definition) is 1. The van der Waals surface area contributed by atoms with E-state index in [0.29, 0.717) is 16.6 Å². The van der Waals surface area contributed by atoms with Gasteiger partial charge in [0.15, 0.2) is 0 Å². The lowest BCUT2D eigenvalue weighted by atomic mass is 10.2. The van der Waals surface area contributed by atoms with E-state index in [1.165, 1.54) is 0 Å². The van der Waals surface area contributed by atoms with Crippen molar-refractivity contribution in [1.29, 1.82) is 0 Å². The van der Waals surface area contributed by atoms with Crippen LogP contribution in [0.25, 0.3) is 6.08 Å². The van der Waals surface area contributed by atoms with E-state index in [2.05, 4.69) is 71.9 Å². The predicted molar refractivity (Wildman–Crippen MR) is 101 cm³/mol. The fourth-order valence-corrected chi connectivity index (χ4v) is 8.72. The van der Waals surface area contributed by atoms with Gasteiger partial charge in [0.05, 0.1) is 0 Å². The van der Waals surface area contributed by atoms with Crippen LogP contribution in [0.2, 0.25) is 16.6 Å². The summed E-state index contributed by atoms with van der Waals surface area (Å²) < 4.78 is 6.66. The minimum atomic E-state index is -1.86. The molecular formula is C19H33NOSi. The van der Waals surface area contributed by atoms with Gasteiger partial charge in [-0.25, -0.2) is 0 Å². The monoisotopic (exact) mass is 319 g/mol. The first kappa shape index (κ1) is 19.0. The minimum absolute atomic E-state index is 0.0822. The smallest absolute Gasteiger partial charge is 0.258 e. The molecule has 0 radical (unpaired) electrons. The second-order valence-corrected chi connectivity index (χ2v) is 12.6. The molecule has 124 valence electrons. The zero-order chi connectivity index (χ0) is 16.9. The van der Waals surface area contributed by atoms with Gasteiger partial charge in [-0.2, -0.15) is 0 Å². The second kappa shape index (κ2) is 7.98. The van der Waals surface area contributed by atoms with E-state index in [1.807, 2.05) is 13.0 Å². The molecule has 1 atom stereocenters. The summed E-state index contributed by atoms with van der Waals surface area (Å²) in [5.74, 6) is 1.00. The molecule has 0 unspecified atom stereocenters. The van der Waals surface area contributed by atoms with Crippen LogP contribution in [0.5, 0.6) is 5.75 Å². The van der Waals surface area contributed by atoms with Gasteiger partial charge in [-0.05, 0) is 41.2 Å². The van der Waals surface area contributed by atoms with Crippen molar-refractivity contribution in [2.75, 3.05) is 0 Å². The molecule has 0 aliphatic carbocycles. The van der Waals surface area contributed by atoms with Crippen LogP contribution in [0.1, 0.15) is 54.0 Å². The Kier molecular flexibility index (Phi) is 6.88. The molecule has 0 spiro atoms. The first-order chi connectivity index (χ1) is 10.2. The van der Waals surface area contributed by atoms with Crippen molar-refractivity contribution in [2.45, 2.75) is 71.1 Å². The molecule has 2 nitrogen and oxygen atoms in total. The lowest BCUT2D eigenvalue weighted by Gasteiger charge is -2.42. The summed E-state index contributed by atoms with van der Waals surface area (Å²) in [5.41, 5.74) is 8.67. The largest absolute Gasteiger partial charge is 0.543 e. The molecule has 1 aromatic carbocycles. The molecule has 0 aromatic heterocycles. The Hall–Kier alpha value is -1.06. The van der Waals surface area contributed by atoms with Crippen LogP contribution in [-0.2, 0) is 0 Å². The summed E-state index contributed by atoms with van der Waals surface area (Å²) >= 11 is 0. The quantitative estimate of drug-likeness (QED) is 0.664. The van der Waals surface area contributed by atoms with Gasteiger partial charge in [0.25, 0.3) is 8.32 Å². The van der Waals surface area contributed by atoms with Crippen molar-refractivity contribution in [3.05, 3.63) is 35.9 Å². The molecule has 0 saturated heterocycles. The number of nitrogens with two attached hydrogens (primary N) is 1. The maximum atomic E-state index is 6.66. The van der Waals surface area contributed by atoms with Crippen LogP contribution >= 0.6 is 0 Å². The highest BCUT2D eigenvalue weighted by molar-refractivity contribution is 6.78. The summed E-state index contributed by atoms with van der Waals surface area (Å²) in [5, 5.41) is 0. The van der Waals surface area contributed by atoms with Crippen molar-refractivity contribution in [2.24, 2.45) is 5.73 Å². The molecule has 1 aromatic rings. The third-order valence-electron chi connectivity index (χ3n) is 4.47. The first-order valence-electron chi connectivity index (χ1n) is 8.43. The van der Waals surface area contributed by atoms with Crippen molar-refractivity contribution >= 4 is 14.4 Å². The van der Waals surface area contributed by atoms with Gasteiger partial charge >= 0.3 is 0 Å². The standard InChI is InChI=1S/C19H33NOSi/c1-14(2)22(15(3)4,16(5)6)21-19-12-10-18(11-13-19)9-8-17(7)20/h8-17H,20H2,1-7H3/b9-8-/t17-/m1/s1. The summed E-state index contributed by atoms with van der Waals surface area (Å²) in [7, 11) is -1.86. The van der Waals surface area contributed by atoms with Crippen LogP contribution in [-0.4, -0.2) is 14.4 Å². The average molecular weight is 320 g/mol. The highest BCUT2D eigenvalue weighted by atomic mass is 28.4. The molecule has 1 rings (SSSR count). The van der Waals surface area contributed by atoms with Gasteiger partial charge in [0.1, 0.15) is 5.75 Å². The Balaban J connectivity index is 3.00. The Labute approximate surface area is 137 Å². The fraction of sp³-hybridized carbons (Fsp3) is 0.579.